The zero-order valence-electron chi connectivity index (χ0n) is 12.1. The van der Waals surface area contributed by atoms with Gasteiger partial charge in [0.2, 0.25) is 0 Å². The van der Waals surface area contributed by atoms with E-state index in [1.165, 1.54) is 0 Å². The lowest BCUT2D eigenvalue weighted by molar-refractivity contribution is 0.598. The summed E-state index contributed by atoms with van der Waals surface area (Å²) in [5.74, 6) is 0.437. The van der Waals surface area contributed by atoms with E-state index in [9.17, 15) is 4.55 Å². The Morgan fingerprint density at radius 3 is 2.65 bits per heavy atom. The predicted octanol–water partition coefficient (Wildman–Crippen LogP) is 2.07. The highest BCUT2D eigenvalue weighted by atomic mass is 32.2. The van der Waals surface area contributed by atoms with Crippen molar-refractivity contribution in [2.24, 2.45) is 4.99 Å². The molecule has 0 saturated heterocycles. The maximum absolute atomic E-state index is 12.4. The Labute approximate surface area is 128 Å². The molecule has 0 spiro atoms. The van der Waals surface area contributed by atoms with Crippen LogP contribution in [0, 0.1) is 0 Å². The number of aliphatic imine (C=N–C) groups is 1. The highest BCUT2D eigenvalue weighted by Crippen LogP contribution is 2.20. The molecule has 0 radical (unpaired) electrons. The molecule has 20 heavy (non-hydrogen) atoms. The Hall–Kier alpha value is -1.11. The van der Waals surface area contributed by atoms with Gasteiger partial charge in [0.05, 0.1) is 5.54 Å². The number of nitrogens with one attached hydrogen (secondary N) is 1. The first kappa shape index (κ1) is 15.3. The lowest BCUT2D eigenvalue weighted by Crippen LogP contribution is -2.44. The number of amidine groups is 1. The largest absolute Gasteiger partial charge is 0.609 e. The number of thiocarbonyl (C=S) groups is 1. The Morgan fingerprint density at radius 1 is 1.40 bits per heavy atom. The first-order valence-corrected chi connectivity index (χ1v) is 8.08. The van der Waals surface area contributed by atoms with Crippen molar-refractivity contribution >= 4 is 39.2 Å². The van der Waals surface area contributed by atoms with Crippen LogP contribution in [-0.4, -0.2) is 34.3 Å². The summed E-state index contributed by atoms with van der Waals surface area (Å²) >= 11 is 3.98. The van der Waals surface area contributed by atoms with Crippen LogP contribution in [0.5, 0.6) is 0 Å². The van der Waals surface area contributed by atoms with Gasteiger partial charge in [-0.3, -0.25) is 0 Å². The third kappa shape index (κ3) is 3.31. The van der Waals surface area contributed by atoms with Crippen molar-refractivity contribution in [3.05, 3.63) is 29.8 Å². The summed E-state index contributed by atoms with van der Waals surface area (Å²) in [5, 5.41) is 3.62. The normalized spacial score (nSPS) is 18.4. The molecule has 6 heteroatoms. The molecular formula is C14H19N3OS2. The molecule has 0 saturated carbocycles. The van der Waals surface area contributed by atoms with Gasteiger partial charge in [-0.2, -0.15) is 4.99 Å². The smallest absolute Gasteiger partial charge is 0.318 e. The summed E-state index contributed by atoms with van der Waals surface area (Å²) in [7, 11) is 3.97. The first-order chi connectivity index (χ1) is 9.29. The van der Waals surface area contributed by atoms with Gasteiger partial charge >= 0.3 is 5.17 Å². The maximum atomic E-state index is 12.4. The van der Waals surface area contributed by atoms with Crippen molar-refractivity contribution in [2.45, 2.75) is 25.1 Å². The predicted molar refractivity (Wildman–Crippen MR) is 89.9 cm³/mol. The number of hydrogen-bond donors (Lipinski definition) is 1. The summed E-state index contributed by atoms with van der Waals surface area (Å²) in [4.78, 5) is 6.80. The fourth-order valence-corrected chi connectivity index (χ4v) is 3.21. The van der Waals surface area contributed by atoms with Gasteiger partial charge in [-0.1, -0.05) is 24.4 Å². The van der Waals surface area contributed by atoms with E-state index in [1.807, 2.05) is 57.1 Å². The molecule has 1 aromatic carbocycles. The van der Waals surface area contributed by atoms with Crippen molar-refractivity contribution < 1.29 is 4.55 Å². The standard InChI is InChI=1S/C14H19N3OS2/c1-14(2)12(19)15-13(16-14)20(18)9-10-6-5-7-11(8-10)17(3)4/h5-8H,9H2,1-4H3,(H,15,16,19). The molecule has 1 heterocycles. The molecule has 0 bridgehead atoms. The molecule has 1 aromatic rings. The van der Waals surface area contributed by atoms with Gasteiger partial charge < -0.3 is 14.8 Å². The number of hydrogen-bond acceptors (Lipinski definition) is 4. The molecule has 1 aliphatic heterocycles. The second-order valence-corrected chi connectivity index (χ2v) is 7.28. The second-order valence-electron chi connectivity index (χ2n) is 5.53. The fraction of sp³-hybridized carbons (Fsp3) is 0.429. The van der Waals surface area contributed by atoms with Crippen LogP contribution in [0.15, 0.2) is 29.3 Å². The highest BCUT2D eigenvalue weighted by Gasteiger charge is 2.36. The minimum atomic E-state index is -1.20. The van der Waals surface area contributed by atoms with Gasteiger partial charge in [-0.25, -0.2) is 0 Å². The van der Waals surface area contributed by atoms with E-state index in [0.717, 1.165) is 11.3 Å². The van der Waals surface area contributed by atoms with Gasteiger partial charge in [0.15, 0.2) is 0 Å². The highest BCUT2D eigenvalue weighted by molar-refractivity contribution is 8.05. The number of benzene rings is 1. The van der Waals surface area contributed by atoms with E-state index < -0.39 is 11.2 Å². The zero-order chi connectivity index (χ0) is 14.9. The third-order valence-electron chi connectivity index (χ3n) is 3.10. The average molecular weight is 309 g/mol. The van der Waals surface area contributed by atoms with Crippen LogP contribution in [0.3, 0.4) is 0 Å². The van der Waals surface area contributed by atoms with Crippen LogP contribution in [0.4, 0.5) is 5.69 Å². The van der Waals surface area contributed by atoms with Crippen molar-refractivity contribution in [2.75, 3.05) is 19.0 Å². The Kier molecular flexibility index (Phi) is 4.36. The SMILES string of the molecule is CN(C)c1cccc(C[S+]([O-])C2=NC(=S)C(C)(C)N2)c1. The van der Waals surface area contributed by atoms with Crippen LogP contribution < -0.4 is 10.2 Å². The minimum absolute atomic E-state index is 0.383. The molecule has 1 aliphatic rings. The number of anilines is 1. The molecule has 1 N–H and O–H groups in total. The fourth-order valence-electron chi connectivity index (χ4n) is 1.83. The summed E-state index contributed by atoms with van der Waals surface area (Å²) in [6.07, 6.45) is 0. The quantitative estimate of drug-likeness (QED) is 0.686. The van der Waals surface area contributed by atoms with Gasteiger partial charge in [0.25, 0.3) is 0 Å². The van der Waals surface area contributed by atoms with Crippen LogP contribution >= 0.6 is 12.2 Å². The molecule has 1 atom stereocenters. The molecule has 1 unspecified atom stereocenters. The van der Waals surface area contributed by atoms with Crippen LogP contribution in [0.25, 0.3) is 0 Å². The Morgan fingerprint density at radius 2 is 2.10 bits per heavy atom. The molecule has 0 fully saturated rings. The molecular weight excluding hydrogens is 290 g/mol. The number of rotatable bonds is 3. The minimum Gasteiger partial charge on any atom is -0.609 e. The molecule has 108 valence electrons. The van der Waals surface area contributed by atoms with Crippen LogP contribution in [-0.2, 0) is 16.9 Å². The van der Waals surface area contributed by atoms with Crippen molar-refractivity contribution in [3.63, 3.8) is 0 Å². The molecule has 0 aromatic heterocycles. The molecule has 0 amide bonds. The Bertz CT molecular complexity index is 555. The molecule has 4 nitrogen and oxygen atoms in total. The maximum Gasteiger partial charge on any atom is 0.318 e. The summed E-state index contributed by atoms with van der Waals surface area (Å²) in [6.45, 7) is 3.88. The lowest BCUT2D eigenvalue weighted by atomic mass is 10.1. The van der Waals surface area contributed by atoms with E-state index in [-0.39, 0.29) is 5.54 Å². The van der Waals surface area contributed by atoms with Gasteiger partial charge in [-0.05, 0) is 26.0 Å². The molecule has 2 rings (SSSR count). The monoisotopic (exact) mass is 309 g/mol. The van der Waals surface area contributed by atoms with Crippen LogP contribution in [0.2, 0.25) is 0 Å². The van der Waals surface area contributed by atoms with Gasteiger partial charge in [0, 0.05) is 36.5 Å². The van der Waals surface area contributed by atoms with Crippen molar-refractivity contribution in [1.29, 1.82) is 0 Å². The summed E-state index contributed by atoms with van der Waals surface area (Å²) in [5.41, 5.74) is 1.73. The van der Waals surface area contributed by atoms with Crippen LogP contribution in [0.1, 0.15) is 19.4 Å². The van der Waals surface area contributed by atoms with E-state index in [2.05, 4.69) is 10.3 Å². The molecule has 0 aliphatic carbocycles. The summed E-state index contributed by atoms with van der Waals surface area (Å²) < 4.78 is 12.4. The van der Waals surface area contributed by atoms with E-state index in [4.69, 9.17) is 12.2 Å². The number of nitrogens with zero attached hydrogens (tertiary/aromatic N) is 2. The van der Waals surface area contributed by atoms with Crippen molar-refractivity contribution in [1.82, 2.24) is 5.32 Å². The zero-order valence-corrected chi connectivity index (χ0v) is 13.8. The average Bonchev–Trinajstić information content (AvgIpc) is 2.64. The van der Waals surface area contributed by atoms with Crippen molar-refractivity contribution in [3.8, 4) is 0 Å². The third-order valence-corrected chi connectivity index (χ3v) is 4.92. The second kappa shape index (κ2) is 5.71. The van der Waals surface area contributed by atoms with E-state index in [1.54, 1.807) is 0 Å². The summed E-state index contributed by atoms with van der Waals surface area (Å²) in [6, 6.07) is 8.01. The van der Waals surface area contributed by atoms with Gasteiger partial charge in [0.1, 0.15) is 10.7 Å². The lowest BCUT2D eigenvalue weighted by Gasteiger charge is -2.19. The Balaban J connectivity index is 2.09. The topological polar surface area (TPSA) is 50.7 Å². The van der Waals surface area contributed by atoms with Gasteiger partial charge in [-0.15, -0.1) is 0 Å². The first-order valence-electron chi connectivity index (χ1n) is 6.35. The van der Waals surface area contributed by atoms with E-state index in [0.29, 0.717) is 15.9 Å². The van der Waals surface area contributed by atoms with E-state index >= 15 is 0 Å².